The highest BCUT2D eigenvalue weighted by Crippen LogP contribution is 2.23. The summed E-state index contributed by atoms with van der Waals surface area (Å²) in [6, 6.07) is 7.40. The molecule has 4 nitrogen and oxygen atoms in total. The van der Waals surface area contributed by atoms with Gasteiger partial charge >= 0.3 is 0 Å². The Balaban J connectivity index is 1.67. The number of carbonyl (C=O) groups excluding carboxylic acids is 2. The number of benzene rings is 1. The highest BCUT2D eigenvalue weighted by Gasteiger charge is 2.17. The molecule has 2 aromatic rings. The number of Topliss-reactive ketones (excluding diaryl/α,β-unsaturated/α-hetero) is 2. The van der Waals surface area contributed by atoms with E-state index in [0.29, 0.717) is 22.7 Å². The zero-order valence-electron chi connectivity index (χ0n) is 11.9. The molecule has 1 N–H and O–H groups in total. The van der Waals surface area contributed by atoms with Gasteiger partial charge in [-0.1, -0.05) is 11.6 Å². The minimum atomic E-state index is -0.169. The van der Waals surface area contributed by atoms with Gasteiger partial charge in [-0.3, -0.25) is 14.6 Å². The van der Waals surface area contributed by atoms with Gasteiger partial charge in [-0.15, -0.1) is 0 Å². The standard InChI is InChI=1S/C17H15ClN2O2/c18-13-2-1-8-20-17(13)16(22)6-5-15(21)12-3-4-14-11(10-12)7-9-19-14/h3-4,7-10,19H,1-2,5-6H2. The number of ketones is 2. The average molecular weight is 315 g/mol. The summed E-state index contributed by atoms with van der Waals surface area (Å²) in [6.45, 7) is 0. The molecule has 0 atom stereocenters. The molecule has 2 heterocycles. The summed E-state index contributed by atoms with van der Waals surface area (Å²) in [5, 5.41) is 1.48. The smallest absolute Gasteiger partial charge is 0.182 e. The quantitative estimate of drug-likeness (QED) is 0.847. The first-order valence-electron chi connectivity index (χ1n) is 7.20. The lowest BCUT2D eigenvalue weighted by Gasteiger charge is -2.08. The van der Waals surface area contributed by atoms with Crippen LogP contribution in [0.2, 0.25) is 0 Å². The van der Waals surface area contributed by atoms with Gasteiger partial charge in [0.1, 0.15) is 5.70 Å². The number of nitrogens with one attached hydrogen (secondary N) is 1. The molecule has 1 aliphatic heterocycles. The highest BCUT2D eigenvalue weighted by atomic mass is 35.5. The summed E-state index contributed by atoms with van der Waals surface area (Å²) >= 11 is 6.02. The summed E-state index contributed by atoms with van der Waals surface area (Å²) in [5.41, 5.74) is 1.91. The van der Waals surface area contributed by atoms with E-state index in [1.807, 2.05) is 24.4 Å². The number of rotatable bonds is 5. The minimum absolute atomic E-state index is 0.0482. The molecule has 0 saturated heterocycles. The fourth-order valence-corrected chi connectivity index (χ4v) is 2.74. The number of aliphatic imine (C=N–C) groups is 1. The predicted octanol–water partition coefficient (Wildman–Crippen LogP) is 4.01. The Bertz CT molecular complexity index is 802. The third-order valence-corrected chi connectivity index (χ3v) is 4.06. The SMILES string of the molecule is O=C(CCC(=O)c1ccc2[nH]ccc2c1)C1=C(Cl)CCC=N1. The van der Waals surface area contributed by atoms with Gasteiger partial charge in [0.15, 0.2) is 11.6 Å². The number of aromatic nitrogens is 1. The molecule has 3 rings (SSSR count). The van der Waals surface area contributed by atoms with Gasteiger partial charge in [-0.2, -0.15) is 0 Å². The molecule has 22 heavy (non-hydrogen) atoms. The van der Waals surface area contributed by atoms with Gasteiger partial charge in [0.25, 0.3) is 0 Å². The summed E-state index contributed by atoms with van der Waals surface area (Å²) in [4.78, 5) is 31.5. The summed E-state index contributed by atoms with van der Waals surface area (Å²) in [5.74, 6) is -0.218. The van der Waals surface area contributed by atoms with Crippen molar-refractivity contribution in [3.63, 3.8) is 0 Å². The van der Waals surface area contributed by atoms with Crippen LogP contribution in [0.15, 0.2) is 46.2 Å². The molecule has 112 valence electrons. The van der Waals surface area contributed by atoms with Crippen molar-refractivity contribution in [3.05, 3.63) is 46.8 Å². The number of carbonyl (C=O) groups is 2. The van der Waals surface area contributed by atoms with E-state index in [-0.39, 0.29) is 24.4 Å². The van der Waals surface area contributed by atoms with Crippen LogP contribution in [0.25, 0.3) is 10.9 Å². The Morgan fingerprint density at radius 2 is 2.00 bits per heavy atom. The molecule has 0 radical (unpaired) electrons. The Labute approximate surface area is 132 Å². The Morgan fingerprint density at radius 3 is 2.82 bits per heavy atom. The molecule has 1 aliphatic rings. The van der Waals surface area contributed by atoms with Crippen molar-refractivity contribution >= 4 is 40.3 Å². The van der Waals surface area contributed by atoms with Crippen LogP contribution in [0.4, 0.5) is 0 Å². The van der Waals surface area contributed by atoms with E-state index in [1.54, 1.807) is 12.3 Å². The van der Waals surface area contributed by atoms with Crippen molar-refractivity contribution in [2.45, 2.75) is 25.7 Å². The second kappa shape index (κ2) is 6.28. The van der Waals surface area contributed by atoms with Crippen molar-refractivity contribution in [1.82, 2.24) is 4.98 Å². The van der Waals surface area contributed by atoms with Crippen LogP contribution >= 0.6 is 11.6 Å². The molecule has 5 heteroatoms. The van der Waals surface area contributed by atoms with E-state index in [0.717, 1.165) is 17.3 Å². The summed E-state index contributed by atoms with van der Waals surface area (Å²) in [7, 11) is 0. The van der Waals surface area contributed by atoms with Crippen LogP contribution in [0, 0.1) is 0 Å². The Morgan fingerprint density at radius 1 is 1.18 bits per heavy atom. The number of hydrogen-bond acceptors (Lipinski definition) is 3. The molecule has 1 aromatic heterocycles. The molecule has 0 amide bonds. The number of H-pyrrole nitrogens is 1. The van der Waals surface area contributed by atoms with Crippen molar-refractivity contribution in [2.75, 3.05) is 0 Å². The zero-order chi connectivity index (χ0) is 15.5. The van der Waals surface area contributed by atoms with Gasteiger partial charge in [0.2, 0.25) is 0 Å². The normalized spacial score (nSPS) is 14.6. The maximum absolute atomic E-state index is 12.2. The molecular formula is C17H15ClN2O2. The lowest BCUT2D eigenvalue weighted by molar-refractivity contribution is -0.115. The molecule has 0 spiro atoms. The summed E-state index contributed by atoms with van der Waals surface area (Å²) < 4.78 is 0. The van der Waals surface area contributed by atoms with Gasteiger partial charge < -0.3 is 4.98 Å². The van der Waals surface area contributed by atoms with E-state index >= 15 is 0 Å². The predicted molar refractivity (Wildman–Crippen MR) is 87.5 cm³/mol. The zero-order valence-corrected chi connectivity index (χ0v) is 12.7. The number of hydrogen-bond donors (Lipinski definition) is 1. The van der Waals surface area contributed by atoms with E-state index in [4.69, 9.17) is 11.6 Å². The van der Waals surface area contributed by atoms with E-state index in [1.165, 1.54) is 0 Å². The van der Waals surface area contributed by atoms with Crippen molar-refractivity contribution in [2.24, 2.45) is 4.99 Å². The van der Waals surface area contributed by atoms with Crippen LogP contribution in [0.3, 0.4) is 0 Å². The number of allylic oxidation sites excluding steroid dienone is 2. The number of nitrogens with zero attached hydrogens (tertiary/aromatic N) is 1. The van der Waals surface area contributed by atoms with Gasteiger partial charge in [-0.05, 0) is 37.1 Å². The van der Waals surface area contributed by atoms with Crippen LogP contribution in [-0.4, -0.2) is 22.8 Å². The van der Waals surface area contributed by atoms with Gasteiger partial charge in [0, 0.05) is 46.8 Å². The molecule has 1 aromatic carbocycles. The maximum Gasteiger partial charge on any atom is 0.182 e. The third kappa shape index (κ3) is 3.02. The fourth-order valence-electron chi connectivity index (χ4n) is 2.48. The topological polar surface area (TPSA) is 62.3 Å². The van der Waals surface area contributed by atoms with Crippen molar-refractivity contribution in [1.29, 1.82) is 0 Å². The fraction of sp³-hybridized carbons (Fsp3) is 0.235. The second-order valence-electron chi connectivity index (χ2n) is 5.23. The third-order valence-electron chi connectivity index (χ3n) is 3.69. The lowest BCUT2D eigenvalue weighted by Crippen LogP contribution is -2.09. The highest BCUT2D eigenvalue weighted by molar-refractivity contribution is 6.32. The van der Waals surface area contributed by atoms with Crippen LogP contribution in [-0.2, 0) is 4.79 Å². The first-order valence-corrected chi connectivity index (χ1v) is 7.57. The molecule has 0 saturated carbocycles. The molecule has 0 fully saturated rings. The van der Waals surface area contributed by atoms with Crippen molar-refractivity contribution in [3.8, 4) is 0 Å². The second-order valence-corrected chi connectivity index (χ2v) is 5.69. The molecule has 0 aliphatic carbocycles. The van der Waals surface area contributed by atoms with Crippen LogP contribution in [0.1, 0.15) is 36.0 Å². The Kier molecular flexibility index (Phi) is 4.20. The average Bonchev–Trinajstić information content (AvgIpc) is 3.00. The first kappa shape index (κ1) is 14.7. The number of fused-ring (bicyclic) bond motifs is 1. The molecular weight excluding hydrogens is 300 g/mol. The first-order chi connectivity index (χ1) is 10.6. The monoisotopic (exact) mass is 314 g/mol. The van der Waals surface area contributed by atoms with Gasteiger partial charge in [-0.25, -0.2) is 0 Å². The number of halogens is 1. The number of aromatic amines is 1. The van der Waals surface area contributed by atoms with E-state index in [2.05, 4.69) is 9.98 Å². The maximum atomic E-state index is 12.2. The molecule has 0 unspecified atom stereocenters. The van der Waals surface area contributed by atoms with Crippen molar-refractivity contribution < 1.29 is 9.59 Å². The largest absolute Gasteiger partial charge is 0.361 e. The minimum Gasteiger partial charge on any atom is -0.361 e. The van der Waals surface area contributed by atoms with E-state index in [9.17, 15) is 9.59 Å². The summed E-state index contributed by atoms with van der Waals surface area (Å²) in [6.07, 6.45) is 5.22. The lowest BCUT2D eigenvalue weighted by atomic mass is 10.0. The van der Waals surface area contributed by atoms with E-state index < -0.39 is 0 Å². The molecule has 0 bridgehead atoms. The Hall–Kier alpha value is -2.20. The van der Waals surface area contributed by atoms with Crippen LogP contribution < -0.4 is 0 Å². The van der Waals surface area contributed by atoms with Crippen LogP contribution in [0.5, 0.6) is 0 Å². The van der Waals surface area contributed by atoms with Gasteiger partial charge in [0.05, 0.1) is 0 Å².